The molecule has 0 saturated carbocycles. The summed E-state index contributed by atoms with van der Waals surface area (Å²) in [5, 5.41) is 9.63. The molecule has 162 valence electrons. The van der Waals surface area contributed by atoms with Crippen LogP contribution in [0.3, 0.4) is 0 Å². The number of amides is 1. The fraction of sp³-hybridized carbons (Fsp3) is 0.150. The van der Waals surface area contributed by atoms with E-state index in [0.29, 0.717) is 0 Å². The Morgan fingerprint density at radius 1 is 1.19 bits per heavy atom. The van der Waals surface area contributed by atoms with Crippen LogP contribution in [0.2, 0.25) is 0 Å². The van der Waals surface area contributed by atoms with E-state index in [1.165, 1.54) is 44.6 Å². The van der Waals surface area contributed by atoms with Gasteiger partial charge in [0.2, 0.25) is 0 Å². The monoisotopic (exact) mass is 469 g/mol. The number of carbonyl (C=O) groups excluding carboxylic acids is 1. The van der Waals surface area contributed by atoms with Gasteiger partial charge in [0.15, 0.2) is 15.8 Å². The molecular weight excluding hydrogens is 455 g/mol. The lowest BCUT2D eigenvalue weighted by Crippen LogP contribution is -2.27. The number of rotatable bonds is 5. The average Bonchev–Trinajstić information content (AvgIpc) is 2.99. The van der Waals surface area contributed by atoms with E-state index in [1.807, 2.05) is 0 Å². The molecule has 0 aromatic heterocycles. The van der Waals surface area contributed by atoms with E-state index in [2.05, 4.69) is 0 Å². The van der Waals surface area contributed by atoms with Gasteiger partial charge in [-0.1, -0.05) is 36.1 Å². The average molecular weight is 469 g/mol. The van der Waals surface area contributed by atoms with Crippen LogP contribution in [0.5, 0.6) is 11.5 Å². The number of alkyl halides is 3. The molecular formula is C20H14F3NO5S2. The number of methoxy groups -OCH3 is 2. The molecule has 1 heterocycles. The van der Waals surface area contributed by atoms with Gasteiger partial charge >= 0.3 is 12.1 Å². The van der Waals surface area contributed by atoms with Crippen molar-refractivity contribution >= 4 is 51.9 Å². The smallest absolute Gasteiger partial charge is 0.416 e. The van der Waals surface area contributed by atoms with Crippen LogP contribution in [-0.4, -0.2) is 35.5 Å². The molecule has 1 aliphatic heterocycles. The van der Waals surface area contributed by atoms with Gasteiger partial charge in [0, 0.05) is 0 Å². The number of benzene rings is 2. The topological polar surface area (TPSA) is 76.1 Å². The zero-order valence-electron chi connectivity index (χ0n) is 16.0. The Labute approximate surface area is 184 Å². The number of carboxylic acids is 1. The molecule has 0 aliphatic carbocycles. The van der Waals surface area contributed by atoms with E-state index in [9.17, 15) is 27.9 Å². The number of halogens is 3. The van der Waals surface area contributed by atoms with Crippen molar-refractivity contribution in [2.45, 2.75) is 6.18 Å². The number of carbonyl (C=O) groups is 2. The van der Waals surface area contributed by atoms with Crippen LogP contribution in [0.4, 0.5) is 18.9 Å². The van der Waals surface area contributed by atoms with E-state index >= 15 is 0 Å². The Hall–Kier alpha value is -3.05. The van der Waals surface area contributed by atoms with Gasteiger partial charge in [-0.3, -0.25) is 9.69 Å². The zero-order chi connectivity index (χ0) is 22.9. The molecule has 1 saturated heterocycles. The highest BCUT2D eigenvalue weighted by molar-refractivity contribution is 8.27. The van der Waals surface area contributed by atoms with Crippen LogP contribution in [0.25, 0.3) is 6.08 Å². The molecule has 3 rings (SSSR count). The Morgan fingerprint density at radius 2 is 1.90 bits per heavy atom. The minimum absolute atomic E-state index is 0.0212. The van der Waals surface area contributed by atoms with E-state index in [0.717, 1.165) is 28.8 Å². The molecule has 0 unspecified atom stereocenters. The first-order valence-electron chi connectivity index (χ1n) is 8.52. The summed E-state index contributed by atoms with van der Waals surface area (Å²) < 4.78 is 49.4. The molecule has 0 atom stereocenters. The van der Waals surface area contributed by atoms with Crippen LogP contribution >= 0.6 is 24.0 Å². The molecule has 2 aromatic rings. The van der Waals surface area contributed by atoms with E-state index in [4.69, 9.17) is 21.7 Å². The Bertz CT molecular complexity index is 1110. The van der Waals surface area contributed by atoms with Crippen molar-refractivity contribution in [2.24, 2.45) is 0 Å². The highest BCUT2D eigenvalue weighted by Crippen LogP contribution is 2.40. The molecule has 31 heavy (non-hydrogen) atoms. The van der Waals surface area contributed by atoms with Crippen molar-refractivity contribution in [3.63, 3.8) is 0 Å². The number of thioether (sulfide) groups is 1. The largest absolute Gasteiger partial charge is 0.493 e. The van der Waals surface area contributed by atoms with Gasteiger partial charge in [0.25, 0.3) is 5.91 Å². The van der Waals surface area contributed by atoms with E-state index in [-0.39, 0.29) is 37.5 Å². The number of nitrogens with zero attached hydrogens (tertiary/aromatic N) is 1. The highest BCUT2D eigenvalue weighted by atomic mass is 32.2. The van der Waals surface area contributed by atoms with Gasteiger partial charge in [-0.2, -0.15) is 13.2 Å². The second-order valence-electron chi connectivity index (χ2n) is 6.14. The number of ether oxygens (including phenoxy) is 2. The summed E-state index contributed by atoms with van der Waals surface area (Å²) in [7, 11) is 2.63. The van der Waals surface area contributed by atoms with Crippen LogP contribution < -0.4 is 14.4 Å². The maximum absolute atomic E-state index is 13.0. The predicted octanol–water partition coefficient (Wildman–Crippen LogP) is 4.83. The molecule has 1 amide bonds. The summed E-state index contributed by atoms with van der Waals surface area (Å²) in [6, 6.07) is 7.14. The number of carboxylic acid groups (broad SMARTS) is 1. The second kappa shape index (κ2) is 8.60. The molecule has 11 heteroatoms. The van der Waals surface area contributed by atoms with Gasteiger partial charge in [-0.25, -0.2) is 4.79 Å². The minimum atomic E-state index is -4.58. The van der Waals surface area contributed by atoms with Crippen molar-refractivity contribution < 1.29 is 37.3 Å². The summed E-state index contributed by atoms with van der Waals surface area (Å²) in [6.45, 7) is 0. The molecule has 1 N–H and O–H groups in total. The summed E-state index contributed by atoms with van der Waals surface area (Å²) in [5.74, 6) is -1.82. The fourth-order valence-corrected chi connectivity index (χ4v) is 4.23. The first kappa shape index (κ1) is 22.6. The fourth-order valence-electron chi connectivity index (χ4n) is 2.94. The van der Waals surface area contributed by atoms with Crippen LogP contribution in [0, 0.1) is 0 Å². The van der Waals surface area contributed by atoms with Gasteiger partial charge < -0.3 is 14.6 Å². The van der Waals surface area contributed by atoms with Crippen LogP contribution in [0.15, 0.2) is 41.3 Å². The van der Waals surface area contributed by atoms with Crippen molar-refractivity contribution in [1.29, 1.82) is 0 Å². The predicted molar refractivity (Wildman–Crippen MR) is 114 cm³/mol. The molecule has 1 aliphatic rings. The number of hydrogen-bond donors (Lipinski definition) is 1. The lowest BCUT2D eigenvalue weighted by atomic mass is 10.0. The second-order valence-corrected chi connectivity index (χ2v) is 7.81. The number of hydrogen-bond acceptors (Lipinski definition) is 6. The minimum Gasteiger partial charge on any atom is -0.493 e. The standard InChI is InChI=1S/C20H14F3NO5S2/c1-28-13-7-6-10(15(18(26)27)16(13)29-2)8-14-17(25)24(19(30)31-14)12-5-3-4-11(9-12)20(21,22)23/h3-9H,1-2H3,(H,26,27)/b14-8+. The molecule has 0 bridgehead atoms. The molecule has 0 spiro atoms. The Morgan fingerprint density at radius 3 is 2.48 bits per heavy atom. The van der Waals surface area contributed by atoms with E-state index in [1.54, 1.807) is 0 Å². The van der Waals surface area contributed by atoms with Crippen molar-refractivity contribution in [1.82, 2.24) is 0 Å². The summed E-state index contributed by atoms with van der Waals surface area (Å²) in [6.07, 6.45) is -3.28. The maximum atomic E-state index is 13.0. The third-order valence-electron chi connectivity index (χ3n) is 4.30. The molecule has 0 radical (unpaired) electrons. The third kappa shape index (κ3) is 4.37. The lowest BCUT2D eigenvalue weighted by Gasteiger charge is -2.16. The number of thiocarbonyl (C=S) groups is 1. The van der Waals surface area contributed by atoms with Gasteiger partial charge in [-0.15, -0.1) is 0 Å². The number of aromatic carboxylic acids is 1. The molecule has 2 aromatic carbocycles. The van der Waals surface area contributed by atoms with Crippen molar-refractivity contribution in [3.8, 4) is 11.5 Å². The number of anilines is 1. The first-order valence-corrected chi connectivity index (χ1v) is 9.74. The third-order valence-corrected chi connectivity index (χ3v) is 5.61. The van der Waals surface area contributed by atoms with E-state index < -0.39 is 23.6 Å². The lowest BCUT2D eigenvalue weighted by molar-refractivity contribution is -0.137. The zero-order valence-corrected chi connectivity index (χ0v) is 17.7. The van der Waals surface area contributed by atoms with Gasteiger partial charge in [0.1, 0.15) is 5.56 Å². The molecule has 1 fully saturated rings. The maximum Gasteiger partial charge on any atom is 0.416 e. The van der Waals surface area contributed by atoms with Gasteiger partial charge in [0.05, 0.1) is 30.4 Å². The molecule has 6 nitrogen and oxygen atoms in total. The summed E-state index contributed by atoms with van der Waals surface area (Å²) in [4.78, 5) is 25.7. The van der Waals surface area contributed by atoms with Crippen molar-refractivity contribution in [3.05, 3.63) is 58.0 Å². The van der Waals surface area contributed by atoms with Gasteiger partial charge in [-0.05, 0) is 35.9 Å². The SMILES string of the molecule is COc1ccc(/C=C2/SC(=S)N(c3cccc(C(F)(F)F)c3)C2=O)c(C(=O)O)c1OC. The normalized spacial score (nSPS) is 15.5. The Balaban J connectivity index is 2.05. The quantitative estimate of drug-likeness (QED) is 0.497. The first-order chi connectivity index (χ1) is 14.6. The Kier molecular flexibility index (Phi) is 6.27. The highest BCUT2D eigenvalue weighted by Gasteiger charge is 2.36. The summed E-state index contributed by atoms with van der Waals surface area (Å²) in [5.41, 5.74) is -1.04. The van der Waals surface area contributed by atoms with Crippen molar-refractivity contribution in [2.75, 3.05) is 19.1 Å². The summed E-state index contributed by atoms with van der Waals surface area (Å²) >= 11 is 6.04. The van der Waals surface area contributed by atoms with Crippen LogP contribution in [-0.2, 0) is 11.0 Å². The van der Waals surface area contributed by atoms with Crippen LogP contribution in [0.1, 0.15) is 21.5 Å².